The fraction of sp³-hybridized carbons (Fsp3) is 0.529. The molecule has 9 heteroatoms. The summed E-state index contributed by atoms with van der Waals surface area (Å²) in [5.41, 5.74) is 3.74. The summed E-state index contributed by atoms with van der Waals surface area (Å²) in [6, 6.07) is 4.69. The molecular weight excluding hydrogens is 351 g/mol. The zero-order valence-corrected chi connectivity index (χ0v) is 14.4. The molecular formula is C17H22F3N3O3. The summed E-state index contributed by atoms with van der Waals surface area (Å²) in [5.74, 6) is -1.12. The minimum absolute atomic E-state index is 0.215. The maximum atomic E-state index is 13.0. The monoisotopic (exact) mass is 373 g/mol. The molecule has 6 nitrogen and oxygen atoms in total. The zero-order chi connectivity index (χ0) is 19.4. The standard InChI is InChI=1S/C17H22F3N3O3/c1-2-23(15(25)16(21)7-9-26-10-8-16)11-14(24)22-13-6-4-3-5-12(13)17(18,19)20/h3-6H,2,7-11,21H2,1H3,(H,22,24). The van der Waals surface area contributed by atoms with Crippen LogP contribution in [-0.4, -0.2) is 48.6 Å². The van der Waals surface area contributed by atoms with Crippen LogP contribution >= 0.6 is 0 Å². The second kappa shape index (κ2) is 8.05. The van der Waals surface area contributed by atoms with Crippen molar-refractivity contribution in [2.75, 3.05) is 31.6 Å². The maximum Gasteiger partial charge on any atom is 0.418 e. The van der Waals surface area contributed by atoms with E-state index in [1.807, 2.05) is 0 Å². The number of likely N-dealkylation sites (N-methyl/N-ethyl adjacent to an activating group) is 1. The number of hydrogen-bond acceptors (Lipinski definition) is 4. The van der Waals surface area contributed by atoms with Gasteiger partial charge in [0.1, 0.15) is 0 Å². The third-order valence-electron chi connectivity index (χ3n) is 4.32. The van der Waals surface area contributed by atoms with E-state index in [-0.39, 0.29) is 18.8 Å². The molecule has 1 aromatic carbocycles. The van der Waals surface area contributed by atoms with Crippen molar-refractivity contribution in [3.05, 3.63) is 29.8 Å². The van der Waals surface area contributed by atoms with E-state index < -0.39 is 29.1 Å². The number of para-hydroxylation sites is 1. The molecule has 0 spiro atoms. The van der Waals surface area contributed by atoms with Gasteiger partial charge in [0.05, 0.1) is 23.3 Å². The molecule has 0 aliphatic carbocycles. The number of amides is 2. The summed E-state index contributed by atoms with van der Waals surface area (Å²) in [6.07, 6.45) is -3.92. The number of carbonyl (C=O) groups excluding carboxylic acids is 2. The SMILES string of the molecule is CCN(CC(=O)Nc1ccccc1C(F)(F)F)C(=O)C1(N)CCOCC1. The number of rotatable bonds is 5. The summed E-state index contributed by atoms with van der Waals surface area (Å²) in [4.78, 5) is 26.1. The number of nitrogens with two attached hydrogens (primary N) is 1. The van der Waals surface area contributed by atoms with Gasteiger partial charge in [0.2, 0.25) is 11.8 Å². The Labute approximate surface area is 149 Å². The van der Waals surface area contributed by atoms with Crippen molar-refractivity contribution in [2.24, 2.45) is 5.73 Å². The van der Waals surface area contributed by atoms with E-state index in [1.165, 1.54) is 23.1 Å². The smallest absolute Gasteiger partial charge is 0.381 e. The third kappa shape index (κ3) is 4.73. The van der Waals surface area contributed by atoms with Gasteiger partial charge in [0.25, 0.3) is 0 Å². The Morgan fingerprint density at radius 2 is 1.88 bits per heavy atom. The van der Waals surface area contributed by atoms with Crippen molar-refractivity contribution in [3.8, 4) is 0 Å². The van der Waals surface area contributed by atoms with Gasteiger partial charge in [-0.2, -0.15) is 13.2 Å². The quantitative estimate of drug-likeness (QED) is 0.827. The van der Waals surface area contributed by atoms with Crippen LogP contribution in [0.4, 0.5) is 18.9 Å². The van der Waals surface area contributed by atoms with E-state index in [0.717, 1.165) is 6.07 Å². The van der Waals surface area contributed by atoms with Crippen LogP contribution in [0.1, 0.15) is 25.3 Å². The molecule has 0 saturated carbocycles. The zero-order valence-electron chi connectivity index (χ0n) is 14.4. The minimum atomic E-state index is -4.59. The number of hydrogen-bond donors (Lipinski definition) is 2. The fourth-order valence-electron chi connectivity index (χ4n) is 2.79. The average molecular weight is 373 g/mol. The highest BCUT2D eigenvalue weighted by atomic mass is 19.4. The topological polar surface area (TPSA) is 84.7 Å². The Balaban J connectivity index is 2.07. The summed E-state index contributed by atoms with van der Waals surface area (Å²) in [5, 5.41) is 2.23. The minimum Gasteiger partial charge on any atom is -0.381 e. The molecule has 26 heavy (non-hydrogen) atoms. The summed E-state index contributed by atoms with van der Waals surface area (Å²) in [6.45, 7) is 2.22. The van der Waals surface area contributed by atoms with Crippen LogP contribution in [0.25, 0.3) is 0 Å². The van der Waals surface area contributed by atoms with E-state index in [1.54, 1.807) is 6.92 Å². The molecule has 0 bridgehead atoms. The number of halogens is 3. The Hall–Kier alpha value is -2.13. The maximum absolute atomic E-state index is 13.0. The lowest BCUT2D eigenvalue weighted by Crippen LogP contribution is -2.59. The summed E-state index contributed by atoms with van der Waals surface area (Å²) >= 11 is 0. The highest BCUT2D eigenvalue weighted by molar-refractivity contribution is 5.96. The van der Waals surface area contributed by atoms with Gasteiger partial charge < -0.3 is 20.7 Å². The second-order valence-corrected chi connectivity index (χ2v) is 6.18. The molecule has 144 valence electrons. The van der Waals surface area contributed by atoms with Gasteiger partial charge in [-0.1, -0.05) is 12.1 Å². The number of carbonyl (C=O) groups is 2. The number of ether oxygens (including phenoxy) is 1. The number of alkyl halides is 3. The molecule has 1 fully saturated rings. The third-order valence-corrected chi connectivity index (χ3v) is 4.32. The van der Waals surface area contributed by atoms with Crippen LogP contribution in [0.3, 0.4) is 0 Å². The number of nitrogens with zero attached hydrogens (tertiary/aromatic N) is 1. The number of anilines is 1. The Kier molecular flexibility index (Phi) is 6.25. The van der Waals surface area contributed by atoms with E-state index >= 15 is 0 Å². The van der Waals surface area contributed by atoms with Crippen LogP contribution in [0.5, 0.6) is 0 Å². The lowest BCUT2D eigenvalue weighted by atomic mass is 9.89. The van der Waals surface area contributed by atoms with Crippen LogP contribution in [0, 0.1) is 0 Å². The Bertz CT molecular complexity index is 658. The predicted octanol–water partition coefficient (Wildman–Crippen LogP) is 2.00. The molecule has 3 N–H and O–H groups in total. The number of nitrogens with one attached hydrogen (secondary N) is 1. The molecule has 1 aliphatic rings. The van der Waals surface area contributed by atoms with Crippen molar-refractivity contribution in [2.45, 2.75) is 31.5 Å². The van der Waals surface area contributed by atoms with Gasteiger partial charge in [0.15, 0.2) is 0 Å². The lowest BCUT2D eigenvalue weighted by molar-refractivity contribution is -0.142. The molecule has 0 radical (unpaired) electrons. The van der Waals surface area contributed by atoms with Crippen LogP contribution in [-0.2, 0) is 20.5 Å². The highest BCUT2D eigenvalue weighted by Crippen LogP contribution is 2.34. The Morgan fingerprint density at radius 1 is 1.27 bits per heavy atom. The van der Waals surface area contributed by atoms with E-state index in [9.17, 15) is 22.8 Å². The van der Waals surface area contributed by atoms with Crippen molar-refractivity contribution in [1.82, 2.24) is 4.90 Å². The van der Waals surface area contributed by atoms with Gasteiger partial charge in [-0.3, -0.25) is 9.59 Å². The van der Waals surface area contributed by atoms with E-state index in [4.69, 9.17) is 10.5 Å². The van der Waals surface area contributed by atoms with Crippen molar-refractivity contribution in [3.63, 3.8) is 0 Å². The lowest BCUT2D eigenvalue weighted by Gasteiger charge is -2.36. The molecule has 1 heterocycles. The molecule has 2 amide bonds. The second-order valence-electron chi connectivity index (χ2n) is 6.18. The first kappa shape index (κ1) is 20.2. The van der Waals surface area contributed by atoms with Crippen LogP contribution in [0.2, 0.25) is 0 Å². The van der Waals surface area contributed by atoms with Crippen LogP contribution in [0.15, 0.2) is 24.3 Å². The van der Waals surface area contributed by atoms with Crippen LogP contribution < -0.4 is 11.1 Å². The normalized spacial score (nSPS) is 16.8. The van der Waals surface area contributed by atoms with Crippen molar-refractivity contribution in [1.29, 1.82) is 0 Å². The average Bonchev–Trinajstić information content (AvgIpc) is 2.59. The summed E-state index contributed by atoms with van der Waals surface area (Å²) in [7, 11) is 0. The van der Waals surface area contributed by atoms with Gasteiger partial charge in [0, 0.05) is 19.8 Å². The van der Waals surface area contributed by atoms with Crippen molar-refractivity contribution >= 4 is 17.5 Å². The molecule has 1 aromatic rings. The Morgan fingerprint density at radius 3 is 2.46 bits per heavy atom. The first-order chi connectivity index (χ1) is 12.2. The van der Waals surface area contributed by atoms with Crippen molar-refractivity contribution < 1.29 is 27.5 Å². The molecule has 0 atom stereocenters. The molecule has 1 aliphatic heterocycles. The molecule has 2 rings (SSSR count). The van der Waals surface area contributed by atoms with Gasteiger partial charge in [-0.15, -0.1) is 0 Å². The van der Waals surface area contributed by atoms with Gasteiger partial charge in [-0.05, 0) is 31.9 Å². The molecule has 0 unspecified atom stereocenters. The largest absolute Gasteiger partial charge is 0.418 e. The van der Waals surface area contributed by atoms with E-state index in [2.05, 4.69) is 5.32 Å². The summed E-state index contributed by atoms with van der Waals surface area (Å²) < 4.78 is 44.2. The van der Waals surface area contributed by atoms with Gasteiger partial charge >= 0.3 is 6.18 Å². The fourth-order valence-corrected chi connectivity index (χ4v) is 2.79. The first-order valence-corrected chi connectivity index (χ1v) is 8.29. The molecule has 1 saturated heterocycles. The number of benzene rings is 1. The predicted molar refractivity (Wildman–Crippen MR) is 89.3 cm³/mol. The van der Waals surface area contributed by atoms with E-state index in [0.29, 0.717) is 26.1 Å². The highest BCUT2D eigenvalue weighted by Gasteiger charge is 2.39. The first-order valence-electron chi connectivity index (χ1n) is 8.29. The van der Waals surface area contributed by atoms with Gasteiger partial charge in [-0.25, -0.2) is 0 Å². The molecule has 0 aromatic heterocycles.